The number of alkyl halides is 3. The van der Waals surface area contributed by atoms with E-state index in [-0.39, 0.29) is 11.7 Å². The van der Waals surface area contributed by atoms with Crippen LogP contribution < -0.4 is 5.32 Å². The minimum absolute atomic E-state index is 0.0187. The second-order valence-electron chi connectivity index (χ2n) is 4.04. The molecule has 7 heteroatoms. The monoisotopic (exact) mass is 249 g/mol. The molecule has 1 aromatic heterocycles. The van der Waals surface area contributed by atoms with Crippen LogP contribution in [0.2, 0.25) is 0 Å². The van der Waals surface area contributed by atoms with Gasteiger partial charge < -0.3 is 5.32 Å². The van der Waals surface area contributed by atoms with E-state index < -0.39 is 12.1 Å². The van der Waals surface area contributed by atoms with E-state index in [0.29, 0.717) is 11.4 Å². The Bertz CT molecular complexity index is 435. The molecule has 0 spiro atoms. The standard InChI is InChI=1S/C10H14F3N3O/c1-5(2)16-7(4)8(6(3)15-16)14-9(17)10(11,12)13/h5H,1-4H3,(H,14,17). The van der Waals surface area contributed by atoms with E-state index >= 15 is 0 Å². The molecule has 0 aliphatic rings. The van der Waals surface area contributed by atoms with Gasteiger partial charge in [0.05, 0.1) is 17.1 Å². The second kappa shape index (κ2) is 4.38. The van der Waals surface area contributed by atoms with E-state index in [1.807, 2.05) is 19.2 Å². The molecule has 1 amide bonds. The van der Waals surface area contributed by atoms with E-state index in [9.17, 15) is 18.0 Å². The molecule has 0 bridgehead atoms. The molecule has 96 valence electrons. The van der Waals surface area contributed by atoms with Gasteiger partial charge in [-0.25, -0.2) is 0 Å². The van der Waals surface area contributed by atoms with Crippen molar-refractivity contribution in [2.24, 2.45) is 0 Å². The quantitative estimate of drug-likeness (QED) is 0.875. The number of hydrogen-bond donors (Lipinski definition) is 1. The number of aryl methyl sites for hydroxylation is 1. The van der Waals surface area contributed by atoms with Gasteiger partial charge in [0.25, 0.3) is 0 Å². The highest BCUT2D eigenvalue weighted by Crippen LogP contribution is 2.25. The van der Waals surface area contributed by atoms with Gasteiger partial charge in [-0.3, -0.25) is 9.48 Å². The third-order valence-corrected chi connectivity index (χ3v) is 2.31. The predicted octanol–water partition coefficient (Wildman–Crippen LogP) is 2.58. The molecule has 17 heavy (non-hydrogen) atoms. The zero-order chi connectivity index (χ0) is 13.4. The molecule has 1 N–H and O–H groups in total. The molecule has 0 aromatic carbocycles. The van der Waals surface area contributed by atoms with Crippen LogP contribution in [0.5, 0.6) is 0 Å². The van der Waals surface area contributed by atoms with Gasteiger partial charge in [-0.05, 0) is 27.7 Å². The first-order valence-electron chi connectivity index (χ1n) is 5.08. The van der Waals surface area contributed by atoms with Gasteiger partial charge in [-0.2, -0.15) is 18.3 Å². The average Bonchev–Trinajstić information content (AvgIpc) is 2.44. The molecular weight excluding hydrogens is 235 g/mol. The summed E-state index contributed by atoms with van der Waals surface area (Å²) in [5.41, 5.74) is 1.00. The maximum atomic E-state index is 12.1. The maximum Gasteiger partial charge on any atom is 0.471 e. The van der Waals surface area contributed by atoms with Gasteiger partial charge in [0.2, 0.25) is 0 Å². The predicted molar refractivity (Wildman–Crippen MR) is 56.8 cm³/mol. The number of nitrogens with one attached hydrogen (secondary N) is 1. The van der Waals surface area contributed by atoms with Crippen LogP contribution >= 0.6 is 0 Å². The van der Waals surface area contributed by atoms with Crippen LogP contribution in [-0.2, 0) is 4.79 Å². The van der Waals surface area contributed by atoms with Crippen molar-refractivity contribution in [2.45, 2.75) is 39.9 Å². The highest BCUT2D eigenvalue weighted by molar-refractivity contribution is 5.95. The summed E-state index contributed by atoms with van der Waals surface area (Å²) in [7, 11) is 0. The molecule has 0 saturated heterocycles. The molecule has 4 nitrogen and oxygen atoms in total. The van der Waals surface area contributed by atoms with Crippen LogP contribution in [0, 0.1) is 13.8 Å². The summed E-state index contributed by atoms with van der Waals surface area (Å²) in [6, 6.07) is 0.0187. The van der Waals surface area contributed by atoms with Gasteiger partial charge in [-0.15, -0.1) is 0 Å². The van der Waals surface area contributed by atoms with Crippen molar-refractivity contribution in [3.8, 4) is 0 Å². The SMILES string of the molecule is Cc1nn(C(C)C)c(C)c1NC(=O)C(F)(F)F. The Morgan fingerprint density at radius 3 is 2.24 bits per heavy atom. The molecule has 0 atom stereocenters. The minimum atomic E-state index is -4.89. The van der Waals surface area contributed by atoms with Crippen LogP contribution in [0.3, 0.4) is 0 Å². The Morgan fingerprint density at radius 1 is 1.35 bits per heavy atom. The van der Waals surface area contributed by atoms with Crippen LogP contribution in [-0.4, -0.2) is 21.9 Å². The summed E-state index contributed by atoms with van der Waals surface area (Å²) in [4.78, 5) is 10.8. The van der Waals surface area contributed by atoms with Crippen molar-refractivity contribution in [1.82, 2.24) is 9.78 Å². The van der Waals surface area contributed by atoms with Gasteiger partial charge in [0, 0.05) is 6.04 Å². The van der Waals surface area contributed by atoms with Crippen molar-refractivity contribution in [3.05, 3.63) is 11.4 Å². The van der Waals surface area contributed by atoms with E-state index in [0.717, 1.165) is 0 Å². The van der Waals surface area contributed by atoms with Crippen molar-refractivity contribution in [2.75, 3.05) is 5.32 Å². The number of aromatic nitrogens is 2. The van der Waals surface area contributed by atoms with E-state index in [1.54, 1.807) is 18.5 Å². The molecule has 0 unspecified atom stereocenters. The average molecular weight is 249 g/mol. The lowest BCUT2D eigenvalue weighted by Gasteiger charge is -2.10. The molecule has 0 saturated carbocycles. The normalized spacial score (nSPS) is 12.0. The number of nitrogens with zero attached hydrogens (tertiary/aromatic N) is 2. The zero-order valence-corrected chi connectivity index (χ0v) is 10.0. The van der Waals surface area contributed by atoms with Crippen LogP contribution in [0.1, 0.15) is 31.3 Å². The highest BCUT2D eigenvalue weighted by Gasteiger charge is 2.39. The summed E-state index contributed by atoms with van der Waals surface area (Å²) < 4.78 is 37.9. The van der Waals surface area contributed by atoms with Crippen molar-refractivity contribution in [1.29, 1.82) is 0 Å². The van der Waals surface area contributed by atoms with E-state index in [4.69, 9.17) is 0 Å². The molecule has 0 aliphatic heterocycles. The van der Waals surface area contributed by atoms with Crippen molar-refractivity contribution < 1.29 is 18.0 Å². The van der Waals surface area contributed by atoms with E-state index in [2.05, 4.69) is 5.10 Å². The largest absolute Gasteiger partial charge is 0.471 e. The first kappa shape index (κ1) is 13.5. The zero-order valence-electron chi connectivity index (χ0n) is 10.0. The summed E-state index contributed by atoms with van der Waals surface area (Å²) in [6.07, 6.45) is -4.89. The van der Waals surface area contributed by atoms with E-state index in [1.165, 1.54) is 0 Å². The summed E-state index contributed by atoms with van der Waals surface area (Å²) in [5, 5.41) is 5.93. The summed E-state index contributed by atoms with van der Waals surface area (Å²) in [6.45, 7) is 6.88. The lowest BCUT2D eigenvalue weighted by Crippen LogP contribution is -2.30. The molecule has 0 fully saturated rings. The lowest BCUT2D eigenvalue weighted by atomic mass is 10.3. The highest BCUT2D eigenvalue weighted by atomic mass is 19.4. The fourth-order valence-electron chi connectivity index (χ4n) is 1.53. The molecular formula is C10H14F3N3O. The van der Waals surface area contributed by atoms with Gasteiger partial charge >= 0.3 is 12.1 Å². The Labute approximate surface area is 96.8 Å². The lowest BCUT2D eigenvalue weighted by molar-refractivity contribution is -0.167. The number of amides is 1. The number of anilines is 1. The molecule has 0 aliphatic carbocycles. The molecule has 1 heterocycles. The fourth-order valence-corrected chi connectivity index (χ4v) is 1.53. The van der Waals surface area contributed by atoms with Gasteiger partial charge in [-0.1, -0.05) is 0 Å². The number of halogens is 3. The molecule has 0 radical (unpaired) electrons. The Morgan fingerprint density at radius 2 is 1.88 bits per heavy atom. The number of hydrogen-bond acceptors (Lipinski definition) is 2. The third-order valence-electron chi connectivity index (χ3n) is 2.31. The number of carbonyl (C=O) groups excluding carboxylic acids is 1. The number of carbonyl (C=O) groups is 1. The summed E-state index contributed by atoms with van der Waals surface area (Å²) >= 11 is 0. The van der Waals surface area contributed by atoms with Gasteiger partial charge in [0.1, 0.15) is 0 Å². The third kappa shape index (κ3) is 2.78. The molecule has 1 aromatic rings. The fraction of sp³-hybridized carbons (Fsp3) is 0.600. The number of rotatable bonds is 2. The maximum absolute atomic E-state index is 12.1. The second-order valence-corrected chi connectivity index (χ2v) is 4.04. The van der Waals surface area contributed by atoms with Crippen molar-refractivity contribution in [3.63, 3.8) is 0 Å². The Hall–Kier alpha value is -1.53. The topological polar surface area (TPSA) is 46.9 Å². The Balaban J connectivity index is 3.04. The minimum Gasteiger partial charge on any atom is -0.315 e. The molecule has 1 rings (SSSR count). The smallest absolute Gasteiger partial charge is 0.315 e. The van der Waals surface area contributed by atoms with Crippen LogP contribution in [0.4, 0.5) is 18.9 Å². The van der Waals surface area contributed by atoms with Crippen LogP contribution in [0.25, 0.3) is 0 Å². The first-order chi connectivity index (χ1) is 7.64. The van der Waals surface area contributed by atoms with Crippen LogP contribution in [0.15, 0.2) is 0 Å². The Kier molecular flexibility index (Phi) is 3.49. The van der Waals surface area contributed by atoms with Gasteiger partial charge in [0.15, 0.2) is 0 Å². The van der Waals surface area contributed by atoms with Crippen molar-refractivity contribution >= 4 is 11.6 Å². The first-order valence-corrected chi connectivity index (χ1v) is 5.08. The summed E-state index contributed by atoms with van der Waals surface area (Å²) in [5.74, 6) is -1.98.